The van der Waals surface area contributed by atoms with E-state index in [4.69, 9.17) is 4.42 Å². The third kappa shape index (κ3) is 2.12. The molecule has 0 radical (unpaired) electrons. The van der Waals surface area contributed by atoms with Crippen molar-refractivity contribution in [2.75, 3.05) is 24.2 Å². The molecule has 0 aromatic carbocycles. The minimum absolute atomic E-state index is 0.696. The Labute approximate surface area is 110 Å². The van der Waals surface area contributed by atoms with Gasteiger partial charge in [-0.25, -0.2) is 0 Å². The first-order chi connectivity index (χ1) is 8.88. The van der Waals surface area contributed by atoms with E-state index in [1.807, 2.05) is 18.4 Å². The van der Waals surface area contributed by atoms with Crippen molar-refractivity contribution in [1.29, 1.82) is 0 Å². The van der Waals surface area contributed by atoms with E-state index in [1.165, 1.54) is 12.8 Å². The van der Waals surface area contributed by atoms with Gasteiger partial charge in [0.2, 0.25) is 5.95 Å². The first-order valence-corrected chi connectivity index (χ1v) is 7.35. The van der Waals surface area contributed by atoms with Crippen LogP contribution < -0.4 is 4.90 Å². The number of rotatable bonds is 4. The van der Waals surface area contributed by atoms with Crippen molar-refractivity contribution in [2.45, 2.75) is 24.5 Å². The van der Waals surface area contributed by atoms with Crippen LogP contribution >= 0.6 is 11.8 Å². The lowest BCUT2D eigenvalue weighted by Gasteiger charge is -2.17. The van der Waals surface area contributed by atoms with Crippen molar-refractivity contribution in [2.24, 2.45) is 0 Å². The minimum atomic E-state index is 0.696. The van der Waals surface area contributed by atoms with Gasteiger partial charge in [0.1, 0.15) is 5.76 Å². The molecule has 6 heteroatoms. The molecule has 5 nitrogen and oxygen atoms in total. The Balaban J connectivity index is 1.91. The van der Waals surface area contributed by atoms with Crippen molar-refractivity contribution >= 4 is 17.7 Å². The third-order valence-corrected chi connectivity index (χ3v) is 3.83. The number of hydrogen-bond donors (Lipinski definition) is 0. The second kappa shape index (κ2) is 5.06. The predicted molar refractivity (Wildman–Crippen MR) is 71.1 cm³/mol. The molecular formula is C12H16N4OS. The lowest BCUT2D eigenvalue weighted by Crippen LogP contribution is -2.22. The number of furan rings is 1. The van der Waals surface area contributed by atoms with Crippen LogP contribution in [0.1, 0.15) is 18.6 Å². The summed E-state index contributed by atoms with van der Waals surface area (Å²) in [6.45, 7) is 2.84. The minimum Gasteiger partial charge on any atom is -0.467 e. The molecule has 18 heavy (non-hydrogen) atoms. The van der Waals surface area contributed by atoms with Crippen LogP contribution in [0.2, 0.25) is 0 Å². The Bertz CT molecular complexity index is 502. The third-order valence-electron chi connectivity index (χ3n) is 3.16. The zero-order valence-corrected chi connectivity index (χ0v) is 11.2. The maximum Gasteiger partial charge on any atom is 0.228 e. The zero-order valence-electron chi connectivity index (χ0n) is 10.4. The van der Waals surface area contributed by atoms with E-state index in [2.05, 4.69) is 19.7 Å². The van der Waals surface area contributed by atoms with Gasteiger partial charge < -0.3 is 9.32 Å². The standard InChI is InChI=1S/C12H16N4OS/c1-18-12-14-13-11(15-6-2-3-7-15)16(12)9-10-5-4-8-17-10/h4-5,8H,2-3,6-7,9H2,1H3. The van der Waals surface area contributed by atoms with Crippen LogP contribution in [0.3, 0.4) is 0 Å². The lowest BCUT2D eigenvalue weighted by atomic mass is 10.4. The Morgan fingerprint density at radius 2 is 2.17 bits per heavy atom. The molecule has 3 heterocycles. The van der Waals surface area contributed by atoms with E-state index in [0.29, 0.717) is 6.54 Å². The van der Waals surface area contributed by atoms with Crippen molar-refractivity contribution in [3.05, 3.63) is 24.2 Å². The van der Waals surface area contributed by atoms with Crippen LogP contribution in [0.25, 0.3) is 0 Å². The molecule has 0 bridgehead atoms. The molecule has 0 N–H and O–H groups in total. The summed E-state index contributed by atoms with van der Waals surface area (Å²) in [5.74, 6) is 1.90. The zero-order chi connectivity index (χ0) is 12.4. The molecule has 0 saturated carbocycles. The molecule has 1 aliphatic rings. The Hall–Kier alpha value is -1.43. The van der Waals surface area contributed by atoms with E-state index in [0.717, 1.165) is 30.0 Å². The monoisotopic (exact) mass is 264 g/mol. The molecule has 1 saturated heterocycles. The van der Waals surface area contributed by atoms with Crippen LogP contribution in [0.15, 0.2) is 28.0 Å². The molecule has 1 fully saturated rings. The average Bonchev–Trinajstić information content (AvgIpc) is 3.10. The maximum absolute atomic E-state index is 5.42. The quantitative estimate of drug-likeness (QED) is 0.793. The van der Waals surface area contributed by atoms with E-state index >= 15 is 0 Å². The molecule has 0 spiro atoms. The smallest absolute Gasteiger partial charge is 0.228 e. The first kappa shape index (κ1) is 11.6. The highest BCUT2D eigenvalue weighted by Crippen LogP contribution is 2.24. The van der Waals surface area contributed by atoms with Crippen LogP contribution in [0, 0.1) is 0 Å². The molecule has 0 aliphatic carbocycles. The van der Waals surface area contributed by atoms with Crippen LogP contribution in [-0.2, 0) is 6.54 Å². The fraction of sp³-hybridized carbons (Fsp3) is 0.500. The maximum atomic E-state index is 5.42. The summed E-state index contributed by atoms with van der Waals surface area (Å²) in [6, 6.07) is 3.89. The summed E-state index contributed by atoms with van der Waals surface area (Å²) < 4.78 is 7.55. The van der Waals surface area contributed by atoms with Gasteiger partial charge in [0.05, 0.1) is 12.8 Å². The molecule has 1 aliphatic heterocycles. The average molecular weight is 264 g/mol. The molecule has 96 valence electrons. The second-order valence-electron chi connectivity index (χ2n) is 4.35. The van der Waals surface area contributed by atoms with Crippen LogP contribution in [0.5, 0.6) is 0 Å². The number of nitrogens with zero attached hydrogens (tertiary/aromatic N) is 4. The molecule has 2 aromatic heterocycles. The Kier molecular flexibility index (Phi) is 3.27. The number of thioether (sulfide) groups is 1. The van der Waals surface area contributed by atoms with Gasteiger partial charge in [-0.15, -0.1) is 10.2 Å². The summed E-state index contributed by atoms with van der Waals surface area (Å²) >= 11 is 1.62. The van der Waals surface area contributed by atoms with Crippen molar-refractivity contribution < 1.29 is 4.42 Å². The number of aromatic nitrogens is 3. The van der Waals surface area contributed by atoms with Gasteiger partial charge >= 0.3 is 0 Å². The molecule has 3 rings (SSSR count). The van der Waals surface area contributed by atoms with Gasteiger partial charge in [-0.1, -0.05) is 11.8 Å². The fourth-order valence-corrected chi connectivity index (χ4v) is 2.77. The largest absolute Gasteiger partial charge is 0.467 e. The van der Waals surface area contributed by atoms with E-state index in [1.54, 1.807) is 18.0 Å². The Morgan fingerprint density at radius 1 is 1.33 bits per heavy atom. The highest BCUT2D eigenvalue weighted by atomic mass is 32.2. The highest BCUT2D eigenvalue weighted by molar-refractivity contribution is 7.98. The molecule has 0 atom stereocenters. The van der Waals surface area contributed by atoms with E-state index < -0.39 is 0 Å². The fourth-order valence-electron chi connectivity index (χ4n) is 2.28. The molecule has 0 amide bonds. The summed E-state index contributed by atoms with van der Waals surface area (Å²) in [6.07, 6.45) is 6.20. The molecule has 2 aromatic rings. The summed E-state index contributed by atoms with van der Waals surface area (Å²) in [7, 11) is 0. The van der Waals surface area contributed by atoms with Gasteiger partial charge in [-0.2, -0.15) is 0 Å². The molecule has 0 unspecified atom stereocenters. The van der Waals surface area contributed by atoms with Gasteiger partial charge in [-0.3, -0.25) is 4.57 Å². The van der Waals surface area contributed by atoms with Gasteiger partial charge in [0.25, 0.3) is 0 Å². The summed E-state index contributed by atoms with van der Waals surface area (Å²) in [5, 5.41) is 9.52. The Morgan fingerprint density at radius 3 is 2.83 bits per heavy atom. The number of anilines is 1. The van der Waals surface area contributed by atoms with Gasteiger partial charge in [-0.05, 0) is 31.2 Å². The second-order valence-corrected chi connectivity index (χ2v) is 5.12. The van der Waals surface area contributed by atoms with Gasteiger partial charge in [0.15, 0.2) is 5.16 Å². The highest BCUT2D eigenvalue weighted by Gasteiger charge is 2.21. The normalized spacial score (nSPS) is 15.5. The summed E-state index contributed by atoms with van der Waals surface area (Å²) in [4.78, 5) is 2.30. The van der Waals surface area contributed by atoms with E-state index in [-0.39, 0.29) is 0 Å². The topological polar surface area (TPSA) is 47.1 Å². The van der Waals surface area contributed by atoms with Gasteiger partial charge in [0, 0.05) is 13.1 Å². The van der Waals surface area contributed by atoms with Crippen LogP contribution in [0.4, 0.5) is 5.95 Å². The predicted octanol–water partition coefficient (Wildman–Crippen LogP) is 2.24. The van der Waals surface area contributed by atoms with E-state index in [9.17, 15) is 0 Å². The lowest BCUT2D eigenvalue weighted by molar-refractivity contribution is 0.484. The van der Waals surface area contributed by atoms with Crippen LogP contribution in [-0.4, -0.2) is 34.1 Å². The first-order valence-electron chi connectivity index (χ1n) is 6.13. The SMILES string of the molecule is CSc1nnc(N2CCCC2)n1Cc1ccco1. The van der Waals surface area contributed by atoms with Crippen molar-refractivity contribution in [1.82, 2.24) is 14.8 Å². The number of hydrogen-bond acceptors (Lipinski definition) is 5. The molecular weight excluding hydrogens is 248 g/mol. The summed E-state index contributed by atoms with van der Waals surface area (Å²) in [5.41, 5.74) is 0. The van der Waals surface area contributed by atoms with Crippen molar-refractivity contribution in [3.8, 4) is 0 Å². The van der Waals surface area contributed by atoms with Crippen molar-refractivity contribution in [3.63, 3.8) is 0 Å².